The van der Waals surface area contributed by atoms with Gasteiger partial charge in [0, 0.05) is 39.7 Å². The molecule has 10 heteroatoms. The van der Waals surface area contributed by atoms with Crippen molar-refractivity contribution in [2.24, 2.45) is 0 Å². The van der Waals surface area contributed by atoms with Crippen LogP contribution in [0.25, 0.3) is 0 Å². The lowest BCUT2D eigenvalue weighted by molar-refractivity contribution is -0.132. The molecule has 9 nitrogen and oxygen atoms in total. The number of pyridine rings is 1. The molecule has 0 spiro atoms. The highest BCUT2D eigenvalue weighted by atomic mass is 32.2. The minimum atomic E-state index is -3.88. The van der Waals surface area contributed by atoms with Gasteiger partial charge < -0.3 is 15.4 Å². The highest BCUT2D eigenvalue weighted by Crippen LogP contribution is 2.27. The molecule has 0 atom stereocenters. The van der Waals surface area contributed by atoms with E-state index in [9.17, 15) is 18.0 Å². The molecule has 0 aliphatic carbocycles. The average molecular weight is 463 g/mol. The summed E-state index contributed by atoms with van der Waals surface area (Å²) in [5.41, 5.74) is 7.44. The zero-order valence-electron chi connectivity index (χ0n) is 19.1. The van der Waals surface area contributed by atoms with Gasteiger partial charge in [-0.15, -0.1) is 0 Å². The highest BCUT2D eigenvalue weighted by Gasteiger charge is 2.27. The van der Waals surface area contributed by atoms with E-state index in [-0.39, 0.29) is 36.0 Å². The smallest absolute Gasteiger partial charge is 0.243 e. The number of sulfonamides is 1. The number of carbonyl (C=O) groups excluding carboxylic acids is 2. The van der Waals surface area contributed by atoms with Gasteiger partial charge in [0.15, 0.2) is 0 Å². The van der Waals surface area contributed by atoms with Crippen molar-refractivity contribution < 1.29 is 22.7 Å². The number of aromatic nitrogens is 1. The molecule has 0 aliphatic heterocycles. The molecule has 0 fully saturated rings. The summed E-state index contributed by atoms with van der Waals surface area (Å²) in [4.78, 5) is 30.4. The Morgan fingerprint density at radius 2 is 1.72 bits per heavy atom. The van der Waals surface area contributed by atoms with Crippen LogP contribution in [-0.2, 0) is 26.2 Å². The van der Waals surface area contributed by atoms with E-state index in [0.717, 1.165) is 9.87 Å². The summed E-state index contributed by atoms with van der Waals surface area (Å²) in [6.45, 7) is 3.39. The van der Waals surface area contributed by atoms with Gasteiger partial charge in [0.1, 0.15) is 17.4 Å². The van der Waals surface area contributed by atoms with Crippen LogP contribution >= 0.6 is 0 Å². The molecule has 2 aromatic rings. The minimum Gasteiger partial charge on any atom is -0.497 e. The van der Waals surface area contributed by atoms with Crippen molar-refractivity contribution >= 4 is 27.5 Å². The van der Waals surface area contributed by atoms with Gasteiger partial charge >= 0.3 is 0 Å². The molecule has 0 saturated carbocycles. The van der Waals surface area contributed by atoms with Gasteiger partial charge in [-0.05, 0) is 48.7 Å². The largest absolute Gasteiger partial charge is 0.497 e. The van der Waals surface area contributed by atoms with Crippen LogP contribution in [0.1, 0.15) is 29.5 Å². The van der Waals surface area contributed by atoms with E-state index in [1.807, 2.05) is 0 Å². The van der Waals surface area contributed by atoms with Crippen molar-refractivity contribution in [3.63, 3.8) is 0 Å². The second-order valence-corrected chi connectivity index (χ2v) is 9.71. The number of methoxy groups -OCH3 is 1. The second-order valence-electron chi connectivity index (χ2n) is 7.73. The summed E-state index contributed by atoms with van der Waals surface area (Å²) in [5.74, 6) is 0.404. The van der Waals surface area contributed by atoms with Crippen LogP contribution in [0.15, 0.2) is 35.4 Å². The molecule has 0 unspecified atom stereocenters. The van der Waals surface area contributed by atoms with E-state index in [1.165, 1.54) is 19.1 Å². The van der Waals surface area contributed by atoms with E-state index >= 15 is 0 Å². The lowest BCUT2D eigenvalue weighted by atomic mass is 10.1. The van der Waals surface area contributed by atoms with Crippen LogP contribution < -0.4 is 10.5 Å². The number of nitrogens with two attached hydrogens (primary N) is 1. The first kappa shape index (κ1) is 25.3. The molecular formula is C22H30N4O5S. The number of anilines is 1. The molecular weight excluding hydrogens is 432 g/mol. The first-order valence-corrected chi connectivity index (χ1v) is 11.5. The number of ether oxygens (including phenoxy) is 1. The fraction of sp³-hybridized carbons (Fsp3) is 0.409. The predicted octanol–water partition coefficient (Wildman–Crippen LogP) is 1.92. The van der Waals surface area contributed by atoms with E-state index in [0.29, 0.717) is 29.2 Å². The van der Waals surface area contributed by atoms with Crippen molar-refractivity contribution in [3.05, 3.63) is 47.2 Å². The Balaban J connectivity index is 1.96. The van der Waals surface area contributed by atoms with Gasteiger partial charge in [-0.3, -0.25) is 9.59 Å². The summed E-state index contributed by atoms with van der Waals surface area (Å²) < 4.78 is 32.2. The summed E-state index contributed by atoms with van der Waals surface area (Å²) in [6.07, 6.45) is 1.53. The number of Topliss-reactive ketones (excluding diaryl/α,β-unsaturated/α-hetero) is 1. The van der Waals surface area contributed by atoms with E-state index in [2.05, 4.69) is 4.98 Å². The van der Waals surface area contributed by atoms with Crippen molar-refractivity contribution in [2.75, 3.05) is 33.5 Å². The first-order chi connectivity index (χ1) is 14.9. The molecule has 32 heavy (non-hydrogen) atoms. The molecule has 1 heterocycles. The number of likely N-dealkylation sites (N-methyl/N-ethyl adjacent to an activating group) is 1. The maximum absolute atomic E-state index is 13.0. The van der Waals surface area contributed by atoms with Gasteiger partial charge in [0.2, 0.25) is 15.9 Å². The van der Waals surface area contributed by atoms with Gasteiger partial charge in [-0.25, -0.2) is 13.4 Å². The third-order valence-corrected chi connectivity index (χ3v) is 7.16. The van der Waals surface area contributed by atoms with Crippen LogP contribution in [0.5, 0.6) is 5.75 Å². The van der Waals surface area contributed by atoms with Crippen molar-refractivity contribution in [3.8, 4) is 5.75 Å². The molecule has 0 saturated heterocycles. The summed E-state index contributed by atoms with van der Waals surface area (Å²) in [7, 11) is 0.631. The summed E-state index contributed by atoms with van der Waals surface area (Å²) >= 11 is 0. The van der Waals surface area contributed by atoms with Crippen molar-refractivity contribution in [1.29, 1.82) is 0 Å². The Kier molecular flexibility index (Phi) is 8.34. The van der Waals surface area contributed by atoms with Crippen LogP contribution in [0, 0.1) is 13.8 Å². The third-order valence-electron chi connectivity index (χ3n) is 5.05. The van der Waals surface area contributed by atoms with Gasteiger partial charge in [-0.1, -0.05) is 6.07 Å². The van der Waals surface area contributed by atoms with E-state index in [4.69, 9.17) is 10.5 Å². The van der Waals surface area contributed by atoms with Gasteiger partial charge in [0.25, 0.3) is 0 Å². The number of amides is 1. The number of benzene rings is 1. The quantitative estimate of drug-likeness (QED) is 0.572. The maximum atomic E-state index is 13.0. The average Bonchev–Trinajstić information content (AvgIpc) is 2.72. The molecule has 0 bridgehead atoms. The van der Waals surface area contributed by atoms with E-state index in [1.54, 1.807) is 51.4 Å². The zero-order valence-corrected chi connectivity index (χ0v) is 19.9. The molecule has 1 aromatic heterocycles. The summed E-state index contributed by atoms with van der Waals surface area (Å²) in [6, 6.07) is 6.71. The van der Waals surface area contributed by atoms with Crippen LogP contribution in [-0.4, -0.2) is 62.0 Å². The topological polar surface area (TPSA) is 123 Å². The predicted molar refractivity (Wildman–Crippen MR) is 122 cm³/mol. The molecule has 1 amide bonds. The number of rotatable bonds is 10. The molecule has 2 N–H and O–H groups in total. The molecule has 174 valence electrons. The van der Waals surface area contributed by atoms with Crippen molar-refractivity contribution in [1.82, 2.24) is 14.2 Å². The van der Waals surface area contributed by atoms with Crippen LogP contribution in [0.2, 0.25) is 0 Å². The number of hydrogen-bond donors (Lipinski definition) is 1. The lowest BCUT2D eigenvalue weighted by Crippen LogP contribution is -2.34. The Bertz CT molecular complexity index is 1060. The fourth-order valence-electron chi connectivity index (χ4n) is 3.33. The third kappa shape index (κ3) is 6.27. The number of ketones is 1. The van der Waals surface area contributed by atoms with Crippen molar-refractivity contribution in [2.45, 2.75) is 38.1 Å². The Morgan fingerprint density at radius 3 is 2.25 bits per heavy atom. The normalized spacial score (nSPS) is 11.4. The van der Waals surface area contributed by atoms with Crippen LogP contribution in [0.4, 0.5) is 5.82 Å². The molecule has 0 aliphatic rings. The number of nitrogen functional groups attached to an aromatic ring is 1. The SMILES string of the molecule is COc1cc(C)c(S(=O)(=O)N(C)CC(=O)CCC(=O)N(C)Cc2ccc(N)nc2)c(C)c1. The number of carbonyl (C=O) groups is 2. The zero-order chi connectivity index (χ0) is 24.1. The first-order valence-electron chi connectivity index (χ1n) is 10.0. The monoisotopic (exact) mass is 462 g/mol. The Labute approximate surface area is 189 Å². The van der Waals surface area contributed by atoms with E-state index < -0.39 is 10.0 Å². The summed E-state index contributed by atoms with van der Waals surface area (Å²) in [5, 5.41) is 0. The number of hydrogen-bond acceptors (Lipinski definition) is 7. The van der Waals surface area contributed by atoms with Crippen LogP contribution in [0.3, 0.4) is 0 Å². The highest BCUT2D eigenvalue weighted by molar-refractivity contribution is 7.89. The molecule has 2 rings (SSSR count). The molecule has 1 aromatic carbocycles. The maximum Gasteiger partial charge on any atom is 0.243 e. The minimum absolute atomic E-state index is 0.00772. The van der Waals surface area contributed by atoms with Gasteiger partial charge in [-0.2, -0.15) is 4.31 Å². The standard InChI is InChI=1S/C22H30N4O5S/c1-15-10-19(31-5)11-16(2)22(15)32(29,30)26(4)14-18(27)7-9-21(28)25(3)13-17-6-8-20(23)24-12-17/h6,8,10-12H,7,9,13-14H2,1-5H3,(H2,23,24). The lowest BCUT2D eigenvalue weighted by Gasteiger charge is -2.20. The Hall–Kier alpha value is -2.98. The molecule has 0 radical (unpaired) electrons. The van der Waals surface area contributed by atoms with Gasteiger partial charge in [0.05, 0.1) is 18.6 Å². The second kappa shape index (κ2) is 10.6. The fourth-order valence-corrected chi connectivity index (χ4v) is 4.89. The number of aryl methyl sites for hydroxylation is 2. The Morgan fingerprint density at radius 1 is 1.09 bits per heavy atom. The number of nitrogens with zero attached hydrogens (tertiary/aromatic N) is 3.